The molecule has 2 aromatic rings. The zero-order valence-electron chi connectivity index (χ0n) is 13.1. The van der Waals surface area contributed by atoms with E-state index >= 15 is 0 Å². The second-order valence-electron chi connectivity index (χ2n) is 5.62. The lowest BCUT2D eigenvalue weighted by atomic mass is 10.1. The molecule has 0 aliphatic carbocycles. The maximum Gasteiger partial charge on any atom is 0.181 e. The van der Waals surface area contributed by atoms with Gasteiger partial charge in [-0.2, -0.15) is 0 Å². The van der Waals surface area contributed by atoms with E-state index in [1.165, 1.54) is 17.7 Å². The number of aryl methyl sites for hydroxylation is 1. The van der Waals surface area contributed by atoms with E-state index in [1.807, 2.05) is 43.1 Å². The topological polar surface area (TPSA) is 37.4 Å². The molecule has 0 atom stereocenters. The minimum Gasteiger partial charge on any atom is -0.301 e. The molecule has 0 unspecified atom stereocenters. The van der Waals surface area contributed by atoms with Crippen molar-refractivity contribution in [2.24, 2.45) is 0 Å². The fraction of sp³-hybridized carbons (Fsp3) is 0.294. The fourth-order valence-electron chi connectivity index (χ4n) is 2.19. The third-order valence-corrected chi connectivity index (χ3v) is 5.95. The molecule has 0 bridgehead atoms. The maximum absolute atomic E-state index is 12.4. The van der Waals surface area contributed by atoms with E-state index in [-0.39, 0.29) is 15.7 Å². The molecule has 0 saturated heterocycles. The van der Waals surface area contributed by atoms with Crippen molar-refractivity contribution in [2.45, 2.75) is 18.4 Å². The summed E-state index contributed by atoms with van der Waals surface area (Å²) < 4.78 is 24.9. The van der Waals surface area contributed by atoms with Gasteiger partial charge in [-0.05, 0) is 37.7 Å². The minimum absolute atomic E-state index is 0.00454. The summed E-state index contributed by atoms with van der Waals surface area (Å²) in [6.07, 6.45) is 0. The molecule has 0 heterocycles. The lowest BCUT2D eigenvalue weighted by molar-refractivity contribution is 0.346. The van der Waals surface area contributed by atoms with Crippen molar-refractivity contribution in [3.05, 3.63) is 63.6 Å². The van der Waals surface area contributed by atoms with Crippen LogP contribution in [0, 0.1) is 6.92 Å². The zero-order chi connectivity index (χ0) is 17.0. The quantitative estimate of drug-likeness (QED) is 0.763. The minimum atomic E-state index is -3.47. The first-order valence-electron chi connectivity index (χ1n) is 7.20. The van der Waals surface area contributed by atoms with Crippen molar-refractivity contribution in [1.82, 2.24) is 4.90 Å². The summed E-state index contributed by atoms with van der Waals surface area (Å²) in [5.41, 5.74) is 2.35. The highest BCUT2D eigenvalue weighted by molar-refractivity contribution is 7.91. The number of benzene rings is 2. The van der Waals surface area contributed by atoms with Gasteiger partial charge in [0.25, 0.3) is 0 Å². The molecule has 0 spiro atoms. The van der Waals surface area contributed by atoms with E-state index < -0.39 is 9.84 Å². The van der Waals surface area contributed by atoms with Gasteiger partial charge < -0.3 is 4.90 Å². The Morgan fingerprint density at radius 2 is 1.70 bits per heavy atom. The van der Waals surface area contributed by atoms with Crippen LogP contribution >= 0.6 is 23.2 Å². The largest absolute Gasteiger partial charge is 0.301 e. The molecule has 0 aromatic heterocycles. The number of rotatable bonds is 6. The van der Waals surface area contributed by atoms with Crippen molar-refractivity contribution in [1.29, 1.82) is 0 Å². The molecule has 0 saturated carbocycles. The van der Waals surface area contributed by atoms with E-state index in [9.17, 15) is 8.42 Å². The van der Waals surface area contributed by atoms with Gasteiger partial charge in [-0.15, -0.1) is 0 Å². The summed E-state index contributed by atoms with van der Waals surface area (Å²) in [5, 5.41) is 0.566. The summed E-state index contributed by atoms with van der Waals surface area (Å²) in [4.78, 5) is 2.07. The Morgan fingerprint density at radius 1 is 1.04 bits per heavy atom. The first-order valence-corrected chi connectivity index (χ1v) is 9.60. The van der Waals surface area contributed by atoms with Crippen LogP contribution in [0.5, 0.6) is 0 Å². The van der Waals surface area contributed by atoms with Crippen molar-refractivity contribution in [2.75, 3.05) is 19.3 Å². The molecule has 0 fully saturated rings. The zero-order valence-corrected chi connectivity index (χ0v) is 15.4. The predicted molar refractivity (Wildman–Crippen MR) is 96.0 cm³/mol. The van der Waals surface area contributed by atoms with Crippen LogP contribution in [0.15, 0.2) is 47.4 Å². The Hall–Kier alpha value is -1.07. The summed E-state index contributed by atoms with van der Waals surface area (Å²) in [6, 6.07) is 12.7. The first kappa shape index (κ1) is 18.3. The highest BCUT2D eigenvalue weighted by Gasteiger charge is 2.19. The van der Waals surface area contributed by atoms with Gasteiger partial charge in [-0.1, -0.05) is 53.0 Å². The van der Waals surface area contributed by atoms with Crippen molar-refractivity contribution < 1.29 is 8.42 Å². The normalized spacial score (nSPS) is 11.9. The number of sulfone groups is 1. The number of hydrogen-bond acceptors (Lipinski definition) is 3. The van der Waals surface area contributed by atoms with Crippen LogP contribution < -0.4 is 0 Å². The smallest absolute Gasteiger partial charge is 0.181 e. The molecule has 3 nitrogen and oxygen atoms in total. The van der Waals surface area contributed by atoms with E-state index in [0.717, 1.165) is 5.56 Å². The van der Waals surface area contributed by atoms with Gasteiger partial charge in [0.2, 0.25) is 0 Å². The van der Waals surface area contributed by atoms with Crippen LogP contribution in [0.4, 0.5) is 0 Å². The van der Waals surface area contributed by atoms with Crippen LogP contribution in [-0.4, -0.2) is 32.7 Å². The van der Waals surface area contributed by atoms with Crippen LogP contribution in [-0.2, 0) is 16.4 Å². The average molecular weight is 372 g/mol. The second-order valence-corrected chi connectivity index (χ2v) is 8.54. The van der Waals surface area contributed by atoms with Crippen molar-refractivity contribution in [3.8, 4) is 0 Å². The van der Waals surface area contributed by atoms with Crippen LogP contribution in [0.25, 0.3) is 0 Å². The fourth-order valence-corrected chi connectivity index (χ4v) is 4.34. The first-order chi connectivity index (χ1) is 10.8. The standard InChI is InChI=1S/C17H19Cl2NO2S/c1-13-3-5-14(6-4-13)12-20(2)9-10-23(21,22)17-11-15(18)7-8-16(17)19/h3-8,11H,9-10,12H2,1-2H3. The Bertz CT molecular complexity index is 774. The van der Waals surface area contributed by atoms with E-state index in [4.69, 9.17) is 23.2 Å². The summed E-state index contributed by atoms with van der Waals surface area (Å²) in [6.45, 7) is 3.15. The van der Waals surface area contributed by atoms with Gasteiger partial charge in [-0.3, -0.25) is 0 Å². The van der Waals surface area contributed by atoms with Crippen LogP contribution in [0.1, 0.15) is 11.1 Å². The highest BCUT2D eigenvalue weighted by Crippen LogP contribution is 2.26. The summed E-state index contributed by atoms with van der Waals surface area (Å²) in [5.74, 6) is -0.00454. The molecule has 0 aliphatic rings. The average Bonchev–Trinajstić information content (AvgIpc) is 2.50. The van der Waals surface area contributed by atoms with E-state index in [1.54, 1.807) is 6.07 Å². The summed E-state index contributed by atoms with van der Waals surface area (Å²) >= 11 is 11.9. The molecule has 0 N–H and O–H groups in total. The van der Waals surface area contributed by atoms with E-state index in [2.05, 4.69) is 0 Å². The SMILES string of the molecule is Cc1ccc(CN(C)CCS(=O)(=O)c2cc(Cl)ccc2Cl)cc1. The molecule has 23 heavy (non-hydrogen) atoms. The Morgan fingerprint density at radius 3 is 2.35 bits per heavy atom. The lowest BCUT2D eigenvalue weighted by Gasteiger charge is -2.17. The van der Waals surface area contributed by atoms with Crippen molar-refractivity contribution in [3.63, 3.8) is 0 Å². The molecule has 2 rings (SSSR count). The second kappa shape index (κ2) is 7.67. The van der Waals surface area contributed by atoms with Gasteiger partial charge in [0.1, 0.15) is 0 Å². The molecule has 0 amide bonds. The number of hydrogen-bond donors (Lipinski definition) is 0. The van der Waals surface area contributed by atoms with Crippen LogP contribution in [0.3, 0.4) is 0 Å². The van der Waals surface area contributed by atoms with Gasteiger partial charge in [0, 0.05) is 18.1 Å². The Kier molecular flexibility index (Phi) is 6.09. The monoisotopic (exact) mass is 371 g/mol. The van der Waals surface area contributed by atoms with E-state index in [0.29, 0.717) is 18.1 Å². The number of nitrogens with zero attached hydrogens (tertiary/aromatic N) is 1. The Labute approximate surface area is 147 Å². The number of halogens is 2. The molecule has 6 heteroatoms. The third kappa shape index (κ3) is 5.21. The van der Waals surface area contributed by atoms with Gasteiger partial charge in [-0.25, -0.2) is 8.42 Å². The highest BCUT2D eigenvalue weighted by atomic mass is 35.5. The molecule has 0 radical (unpaired) electrons. The lowest BCUT2D eigenvalue weighted by Crippen LogP contribution is -2.25. The van der Waals surface area contributed by atoms with Crippen LogP contribution in [0.2, 0.25) is 10.0 Å². The molecule has 0 aliphatic heterocycles. The van der Waals surface area contributed by atoms with Gasteiger partial charge in [0.15, 0.2) is 9.84 Å². The molecular weight excluding hydrogens is 353 g/mol. The molecular formula is C17H19Cl2NO2S. The maximum atomic E-state index is 12.4. The third-order valence-electron chi connectivity index (χ3n) is 3.54. The molecule has 2 aromatic carbocycles. The summed E-state index contributed by atoms with van der Waals surface area (Å²) in [7, 11) is -1.57. The Balaban J connectivity index is 2.01. The van der Waals surface area contributed by atoms with Gasteiger partial charge in [0.05, 0.1) is 15.7 Å². The van der Waals surface area contributed by atoms with Gasteiger partial charge >= 0.3 is 0 Å². The van der Waals surface area contributed by atoms with Crippen molar-refractivity contribution >= 4 is 33.0 Å². The molecule has 124 valence electrons. The predicted octanol–water partition coefficient (Wildman–Crippen LogP) is 4.21.